The van der Waals surface area contributed by atoms with Crippen LogP contribution in [0.3, 0.4) is 0 Å². The maximum Gasteiger partial charge on any atom is 0.148 e. The smallest absolute Gasteiger partial charge is 0.148 e. The summed E-state index contributed by atoms with van der Waals surface area (Å²) in [5.74, 6) is 1.08. The van der Waals surface area contributed by atoms with Gasteiger partial charge in [0.1, 0.15) is 11.5 Å². The average Bonchev–Trinajstić information content (AvgIpc) is 3.59. The zero-order valence-electron chi connectivity index (χ0n) is 18.8. The van der Waals surface area contributed by atoms with Gasteiger partial charge in [-0.2, -0.15) is 0 Å². The number of para-hydroxylation sites is 3. The van der Waals surface area contributed by atoms with E-state index in [9.17, 15) is 0 Å². The predicted molar refractivity (Wildman–Crippen MR) is 144 cm³/mol. The first-order chi connectivity index (χ1) is 17.4. The highest BCUT2D eigenvalue weighted by atomic mass is 15.2. The van der Waals surface area contributed by atoms with Crippen LogP contribution in [0.15, 0.2) is 122 Å². The Morgan fingerprint density at radius 3 is 2.11 bits per heavy atom. The first kappa shape index (κ1) is 18.6. The van der Waals surface area contributed by atoms with E-state index in [1.54, 1.807) is 0 Å². The zero-order chi connectivity index (χ0) is 22.9. The summed E-state index contributed by atoms with van der Waals surface area (Å²) >= 11 is 0. The second-order valence-corrected chi connectivity index (χ2v) is 8.95. The summed E-state index contributed by atoms with van der Waals surface area (Å²) in [6.07, 6.45) is 4.16. The summed E-state index contributed by atoms with van der Waals surface area (Å²) in [4.78, 5) is 5.10. The third kappa shape index (κ3) is 2.43. The molecule has 4 nitrogen and oxygen atoms in total. The minimum Gasteiger partial charge on any atom is -0.308 e. The summed E-state index contributed by atoms with van der Waals surface area (Å²) in [5, 5.41) is 4.75. The van der Waals surface area contributed by atoms with Crippen LogP contribution in [-0.2, 0) is 0 Å². The lowest BCUT2D eigenvalue weighted by Gasteiger charge is -2.09. The van der Waals surface area contributed by atoms with Crippen molar-refractivity contribution >= 4 is 49.3 Å². The monoisotopic (exact) mass is 448 g/mol. The molecule has 5 aromatic heterocycles. The van der Waals surface area contributed by atoms with Crippen LogP contribution in [0.1, 0.15) is 0 Å². The van der Waals surface area contributed by atoms with Crippen molar-refractivity contribution in [1.29, 1.82) is 0 Å². The topological polar surface area (TPSA) is 27.2 Å². The third-order valence-electron chi connectivity index (χ3n) is 7.10. The van der Waals surface area contributed by atoms with E-state index in [0.29, 0.717) is 0 Å². The Morgan fingerprint density at radius 2 is 1.26 bits per heavy atom. The summed E-state index contributed by atoms with van der Waals surface area (Å²) < 4.78 is 6.91. The maximum atomic E-state index is 5.10. The number of rotatable bonds is 2. The van der Waals surface area contributed by atoms with Crippen LogP contribution in [0.4, 0.5) is 0 Å². The van der Waals surface area contributed by atoms with Crippen molar-refractivity contribution in [3.05, 3.63) is 122 Å². The molecule has 0 radical (unpaired) electrons. The van der Waals surface area contributed by atoms with Crippen LogP contribution in [0.25, 0.3) is 60.8 Å². The second kappa shape index (κ2) is 6.84. The third-order valence-corrected chi connectivity index (χ3v) is 7.10. The van der Waals surface area contributed by atoms with Gasteiger partial charge < -0.3 is 8.97 Å². The van der Waals surface area contributed by atoms with E-state index in [1.807, 2.05) is 6.20 Å². The van der Waals surface area contributed by atoms with Gasteiger partial charge in [-0.3, -0.25) is 4.57 Å². The number of hydrogen-bond acceptors (Lipinski definition) is 1. The standard InChI is InChI=1S/C31H20N4/c1-2-11-22(12-3-1)34-26-15-6-4-13-23(26)25-20-32-31-29(30(25)34)24-14-5-7-16-27(24)35(31)28-18-17-21-10-8-9-19-33(21)28/h1-20H. The first-order valence-electron chi connectivity index (χ1n) is 11.8. The van der Waals surface area contributed by atoms with Crippen molar-refractivity contribution in [3.63, 3.8) is 0 Å². The molecule has 0 unspecified atom stereocenters. The first-order valence-corrected chi connectivity index (χ1v) is 11.8. The predicted octanol–water partition coefficient (Wildman–Crippen LogP) is 7.53. The van der Waals surface area contributed by atoms with Crippen LogP contribution in [-0.4, -0.2) is 18.5 Å². The lowest BCUT2D eigenvalue weighted by molar-refractivity contribution is 1.02. The largest absolute Gasteiger partial charge is 0.308 e. The van der Waals surface area contributed by atoms with Crippen molar-refractivity contribution < 1.29 is 0 Å². The molecule has 8 rings (SSSR count). The van der Waals surface area contributed by atoms with E-state index in [1.165, 1.54) is 32.6 Å². The Hall–Kier alpha value is -4.83. The van der Waals surface area contributed by atoms with Crippen LogP contribution < -0.4 is 0 Å². The number of fused-ring (bicyclic) bond motifs is 8. The van der Waals surface area contributed by atoms with Crippen LogP contribution in [0.5, 0.6) is 0 Å². The SMILES string of the molecule is c1ccc(-n2c3ccccc3c3cnc4c(c5ccccc5n4-c4ccc5ccccn45)c32)cc1. The van der Waals surface area contributed by atoms with E-state index >= 15 is 0 Å². The molecule has 5 heterocycles. The molecular formula is C31H20N4. The second-order valence-electron chi connectivity index (χ2n) is 8.95. The molecule has 0 aliphatic carbocycles. The average molecular weight is 449 g/mol. The molecule has 0 atom stereocenters. The Morgan fingerprint density at radius 1 is 0.543 bits per heavy atom. The Kier molecular flexibility index (Phi) is 3.63. The van der Waals surface area contributed by atoms with Gasteiger partial charge in [0.25, 0.3) is 0 Å². The normalized spacial score (nSPS) is 12.0. The zero-order valence-corrected chi connectivity index (χ0v) is 18.8. The van der Waals surface area contributed by atoms with Gasteiger partial charge in [-0.25, -0.2) is 4.98 Å². The Balaban J connectivity index is 1.64. The highest BCUT2D eigenvalue weighted by Gasteiger charge is 2.22. The molecule has 0 N–H and O–H groups in total. The molecule has 0 fully saturated rings. The highest BCUT2D eigenvalue weighted by Crippen LogP contribution is 2.40. The van der Waals surface area contributed by atoms with Crippen molar-refractivity contribution in [1.82, 2.24) is 18.5 Å². The van der Waals surface area contributed by atoms with Gasteiger partial charge in [0.2, 0.25) is 0 Å². The fourth-order valence-electron chi connectivity index (χ4n) is 5.65. The lowest BCUT2D eigenvalue weighted by Crippen LogP contribution is -2.00. The molecule has 4 heteroatoms. The van der Waals surface area contributed by atoms with Gasteiger partial charge >= 0.3 is 0 Å². The number of benzene rings is 3. The van der Waals surface area contributed by atoms with Crippen molar-refractivity contribution in [2.45, 2.75) is 0 Å². The van der Waals surface area contributed by atoms with E-state index in [-0.39, 0.29) is 0 Å². The summed E-state index contributed by atoms with van der Waals surface area (Å²) in [6, 6.07) is 38.5. The van der Waals surface area contributed by atoms with E-state index in [0.717, 1.165) is 28.2 Å². The fraction of sp³-hybridized carbons (Fsp3) is 0. The summed E-state index contributed by atoms with van der Waals surface area (Å²) in [6.45, 7) is 0. The number of aromatic nitrogens is 4. The van der Waals surface area contributed by atoms with Crippen molar-refractivity contribution in [2.24, 2.45) is 0 Å². The molecule has 0 aliphatic rings. The molecular weight excluding hydrogens is 428 g/mol. The van der Waals surface area contributed by atoms with Gasteiger partial charge in [0.05, 0.1) is 21.9 Å². The lowest BCUT2D eigenvalue weighted by atomic mass is 10.1. The molecule has 0 spiro atoms. The van der Waals surface area contributed by atoms with E-state index < -0.39 is 0 Å². The minimum absolute atomic E-state index is 0.961. The number of pyridine rings is 2. The number of nitrogens with zero attached hydrogens (tertiary/aromatic N) is 4. The minimum atomic E-state index is 0.961. The molecule has 35 heavy (non-hydrogen) atoms. The molecule has 0 saturated carbocycles. The van der Waals surface area contributed by atoms with Crippen LogP contribution >= 0.6 is 0 Å². The summed E-state index contributed by atoms with van der Waals surface area (Å²) in [7, 11) is 0. The molecule has 0 bridgehead atoms. The quantitative estimate of drug-likeness (QED) is 0.269. The number of hydrogen-bond donors (Lipinski definition) is 0. The van der Waals surface area contributed by atoms with Crippen molar-refractivity contribution in [3.8, 4) is 11.5 Å². The van der Waals surface area contributed by atoms with Crippen LogP contribution in [0.2, 0.25) is 0 Å². The Bertz CT molecular complexity index is 2050. The Labute approximate surface area is 200 Å². The highest BCUT2D eigenvalue weighted by molar-refractivity contribution is 6.24. The molecule has 0 amide bonds. The fourth-order valence-corrected chi connectivity index (χ4v) is 5.65. The summed E-state index contributed by atoms with van der Waals surface area (Å²) in [5.41, 5.74) is 6.80. The van der Waals surface area contributed by atoms with Gasteiger partial charge in [-0.15, -0.1) is 0 Å². The van der Waals surface area contributed by atoms with Gasteiger partial charge in [-0.05, 0) is 48.5 Å². The maximum absolute atomic E-state index is 5.10. The molecule has 0 saturated heterocycles. The van der Waals surface area contributed by atoms with E-state index in [2.05, 4.69) is 129 Å². The molecule has 8 aromatic rings. The van der Waals surface area contributed by atoms with Crippen LogP contribution in [0, 0.1) is 0 Å². The van der Waals surface area contributed by atoms with E-state index in [4.69, 9.17) is 4.98 Å². The van der Waals surface area contributed by atoms with Gasteiger partial charge in [0, 0.05) is 39.8 Å². The molecule has 0 aliphatic heterocycles. The van der Waals surface area contributed by atoms with Crippen molar-refractivity contribution in [2.75, 3.05) is 0 Å². The molecule has 164 valence electrons. The van der Waals surface area contributed by atoms with Gasteiger partial charge in [-0.1, -0.05) is 60.7 Å². The molecule has 3 aromatic carbocycles. The van der Waals surface area contributed by atoms with Gasteiger partial charge in [0.15, 0.2) is 0 Å².